The summed E-state index contributed by atoms with van der Waals surface area (Å²) in [6.45, 7) is 1.25. The van der Waals surface area contributed by atoms with Gasteiger partial charge in [-0.1, -0.05) is 42.5 Å². The smallest absolute Gasteiger partial charge is 0.242 e. The van der Waals surface area contributed by atoms with Crippen molar-refractivity contribution in [2.45, 2.75) is 18.9 Å². The van der Waals surface area contributed by atoms with Crippen LogP contribution in [0.1, 0.15) is 22.0 Å². The third-order valence-electron chi connectivity index (χ3n) is 6.09. The summed E-state index contributed by atoms with van der Waals surface area (Å²) in [5.74, 6) is -0.582. The number of para-hydroxylation sites is 1. The number of ether oxygens (including phenoxy) is 2. The van der Waals surface area contributed by atoms with Crippen molar-refractivity contribution in [3.05, 3.63) is 87.9 Å². The highest BCUT2D eigenvalue weighted by molar-refractivity contribution is 7.10. The largest absolute Gasteiger partial charge is 0.488 e. The summed E-state index contributed by atoms with van der Waals surface area (Å²) < 4.78 is 25.1. The highest BCUT2D eigenvalue weighted by Crippen LogP contribution is 2.34. The van der Waals surface area contributed by atoms with Crippen LogP contribution in [0.25, 0.3) is 0 Å². The van der Waals surface area contributed by atoms with E-state index in [2.05, 4.69) is 0 Å². The first kappa shape index (κ1) is 24.9. The molecule has 4 rings (SSSR count). The average Bonchev–Trinajstić information content (AvgIpc) is 3.35. The minimum Gasteiger partial charge on any atom is -0.488 e. The van der Waals surface area contributed by atoms with Gasteiger partial charge in [0.25, 0.3) is 0 Å². The van der Waals surface area contributed by atoms with Crippen molar-refractivity contribution in [2.75, 3.05) is 40.0 Å². The molecule has 0 unspecified atom stereocenters. The first-order valence-electron chi connectivity index (χ1n) is 11.6. The van der Waals surface area contributed by atoms with E-state index in [9.17, 15) is 14.0 Å². The third-order valence-corrected chi connectivity index (χ3v) is 7.09. The van der Waals surface area contributed by atoms with Crippen LogP contribution in [0.3, 0.4) is 0 Å². The van der Waals surface area contributed by atoms with Crippen molar-refractivity contribution in [3.8, 4) is 5.75 Å². The van der Waals surface area contributed by atoms with E-state index in [1.54, 1.807) is 46.4 Å². The molecule has 2 heterocycles. The molecule has 0 saturated heterocycles. The lowest BCUT2D eigenvalue weighted by Gasteiger charge is -2.37. The Balaban J connectivity index is 1.49. The van der Waals surface area contributed by atoms with Gasteiger partial charge in [-0.05, 0) is 41.1 Å². The fraction of sp³-hybridized carbons (Fsp3) is 0.333. The van der Waals surface area contributed by atoms with Crippen LogP contribution < -0.4 is 4.74 Å². The van der Waals surface area contributed by atoms with Gasteiger partial charge in [0.2, 0.25) is 11.8 Å². The molecular weight excluding hydrogens is 467 g/mol. The number of hydrogen-bond acceptors (Lipinski definition) is 5. The zero-order valence-corrected chi connectivity index (χ0v) is 20.5. The molecule has 0 spiro atoms. The first-order valence-corrected chi connectivity index (χ1v) is 12.5. The van der Waals surface area contributed by atoms with Crippen molar-refractivity contribution < 1.29 is 23.5 Å². The number of thiophene rings is 1. The first-order chi connectivity index (χ1) is 17.1. The van der Waals surface area contributed by atoms with E-state index in [0.29, 0.717) is 19.7 Å². The number of carbonyl (C=O) groups is 2. The topological polar surface area (TPSA) is 59.1 Å². The van der Waals surface area contributed by atoms with Crippen molar-refractivity contribution in [2.24, 2.45) is 0 Å². The highest BCUT2D eigenvalue weighted by Gasteiger charge is 2.33. The van der Waals surface area contributed by atoms with E-state index >= 15 is 0 Å². The van der Waals surface area contributed by atoms with Crippen LogP contribution in [0, 0.1) is 5.82 Å². The summed E-state index contributed by atoms with van der Waals surface area (Å²) in [4.78, 5) is 31.1. The van der Waals surface area contributed by atoms with Gasteiger partial charge in [-0.15, -0.1) is 11.3 Å². The second-order valence-corrected chi connectivity index (χ2v) is 9.36. The van der Waals surface area contributed by atoms with E-state index in [0.717, 1.165) is 17.5 Å². The van der Waals surface area contributed by atoms with Gasteiger partial charge in [0, 0.05) is 25.1 Å². The van der Waals surface area contributed by atoms with E-state index in [4.69, 9.17) is 9.47 Å². The van der Waals surface area contributed by atoms with E-state index in [-0.39, 0.29) is 43.2 Å². The maximum atomic E-state index is 14.1. The molecule has 1 aliphatic rings. The van der Waals surface area contributed by atoms with Gasteiger partial charge in [0.1, 0.15) is 6.61 Å². The Morgan fingerprint density at radius 1 is 1.11 bits per heavy atom. The lowest BCUT2D eigenvalue weighted by atomic mass is 10.0. The third kappa shape index (κ3) is 6.26. The maximum absolute atomic E-state index is 14.1. The molecule has 1 aromatic heterocycles. The molecule has 2 aromatic carbocycles. The number of rotatable bonds is 10. The quantitative estimate of drug-likeness (QED) is 0.424. The Labute approximate surface area is 208 Å². The van der Waals surface area contributed by atoms with Crippen molar-refractivity contribution in [1.29, 1.82) is 0 Å². The lowest BCUT2D eigenvalue weighted by molar-refractivity contribution is -0.143. The van der Waals surface area contributed by atoms with Crippen LogP contribution in [0.4, 0.5) is 4.39 Å². The molecule has 1 atom stereocenters. The Kier molecular flexibility index (Phi) is 8.50. The second kappa shape index (κ2) is 12.0. The van der Waals surface area contributed by atoms with Crippen molar-refractivity contribution in [3.63, 3.8) is 0 Å². The molecule has 6 nitrogen and oxygen atoms in total. The van der Waals surface area contributed by atoms with E-state index in [1.165, 1.54) is 10.9 Å². The summed E-state index contributed by atoms with van der Waals surface area (Å²) >= 11 is 1.65. The van der Waals surface area contributed by atoms with Gasteiger partial charge < -0.3 is 19.3 Å². The summed E-state index contributed by atoms with van der Waals surface area (Å²) in [6.07, 6.45) is 0.956. The Hall–Kier alpha value is -3.23. The number of hydrogen-bond donors (Lipinski definition) is 0. The number of fused-ring (bicyclic) bond motifs is 1. The maximum Gasteiger partial charge on any atom is 0.242 e. The molecule has 8 heteroatoms. The molecule has 3 aromatic rings. The predicted octanol–water partition coefficient (Wildman–Crippen LogP) is 4.11. The monoisotopic (exact) mass is 496 g/mol. The molecule has 35 heavy (non-hydrogen) atoms. The molecule has 0 radical (unpaired) electrons. The van der Waals surface area contributed by atoms with Gasteiger partial charge in [0.05, 0.1) is 25.6 Å². The minimum atomic E-state index is -0.441. The molecule has 2 amide bonds. The summed E-state index contributed by atoms with van der Waals surface area (Å²) in [5, 5.41) is 2.00. The predicted molar refractivity (Wildman–Crippen MR) is 133 cm³/mol. The number of benzene rings is 2. The SMILES string of the molecule is COCCN(CC(=O)N1CCc2sccc2[C@@H]1COc1ccccc1F)C(=O)Cc1ccccc1. The lowest BCUT2D eigenvalue weighted by Crippen LogP contribution is -2.48. The molecule has 1 aliphatic heterocycles. The minimum absolute atomic E-state index is 0.0509. The molecule has 0 saturated carbocycles. The zero-order chi connectivity index (χ0) is 24.6. The van der Waals surface area contributed by atoms with E-state index in [1.807, 2.05) is 41.8 Å². The number of carbonyl (C=O) groups excluding carboxylic acids is 2. The second-order valence-electron chi connectivity index (χ2n) is 8.36. The zero-order valence-electron chi connectivity index (χ0n) is 19.7. The summed E-state index contributed by atoms with van der Waals surface area (Å²) in [5.41, 5.74) is 1.91. The normalized spacial score (nSPS) is 14.9. The fourth-order valence-corrected chi connectivity index (χ4v) is 5.16. The number of halogens is 1. The highest BCUT2D eigenvalue weighted by atomic mass is 32.1. The molecule has 0 aliphatic carbocycles. The van der Waals surface area contributed by atoms with Gasteiger partial charge >= 0.3 is 0 Å². The number of nitrogens with zero attached hydrogens (tertiary/aromatic N) is 2. The number of methoxy groups -OCH3 is 1. The van der Waals surface area contributed by atoms with Gasteiger partial charge in [-0.3, -0.25) is 9.59 Å². The standard InChI is InChI=1S/C27H29FN2O4S/c1-33-15-14-29(26(31)17-20-7-3-2-4-8-20)18-27(32)30-13-11-25-21(12-16-35-25)23(30)19-34-24-10-6-5-9-22(24)28/h2-10,12,16,23H,11,13-15,17-19H2,1H3/t23-/m0/s1. The Morgan fingerprint density at radius 3 is 2.66 bits per heavy atom. The molecule has 0 fully saturated rings. The van der Waals surface area contributed by atoms with Gasteiger partial charge in [-0.2, -0.15) is 0 Å². The van der Waals surface area contributed by atoms with Crippen LogP contribution in [0.5, 0.6) is 5.75 Å². The molecule has 0 bridgehead atoms. The van der Waals surface area contributed by atoms with Crippen LogP contribution in [0.15, 0.2) is 66.0 Å². The average molecular weight is 497 g/mol. The molecule has 0 N–H and O–H groups in total. The Morgan fingerprint density at radius 2 is 1.89 bits per heavy atom. The fourth-order valence-electron chi connectivity index (χ4n) is 4.23. The van der Waals surface area contributed by atoms with Crippen LogP contribution in [0.2, 0.25) is 0 Å². The van der Waals surface area contributed by atoms with Crippen LogP contribution in [-0.4, -0.2) is 61.6 Å². The van der Waals surface area contributed by atoms with Crippen molar-refractivity contribution >= 4 is 23.2 Å². The van der Waals surface area contributed by atoms with E-state index < -0.39 is 5.82 Å². The van der Waals surface area contributed by atoms with Gasteiger partial charge in [-0.25, -0.2) is 4.39 Å². The van der Waals surface area contributed by atoms with Crippen molar-refractivity contribution in [1.82, 2.24) is 9.80 Å². The number of amides is 2. The molecular formula is C27H29FN2O4S. The van der Waals surface area contributed by atoms with Gasteiger partial charge in [0.15, 0.2) is 11.6 Å². The van der Waals surface area contributed by atoms with Crippen LogP contribution >= 0.6 is 11.3 Å². The summed E-state index contributed by atoms with van der Waals surface area (Å²) in [7, 11) is 1.57. The summed E-state index contributed by atoms with van der Waals surface area (Å²) in [6, 6.07) is 17.4. The van der Waals surface area contributed by atoms with Crippen LogP contribution in [-0.2, 0) is 27.2 Å². The Bertz CT molecular complexity index is 1140. The molecule has 184 valence electrons.